The number of alkyl halides is 2. The molecule has 0 N–H and O–H groups in total. The van der Waals surface area contributed by atoms with E-state index in [1.54, 1.807) is 18.2 Å². The van der Waals surface area contributed by atoms with Gasteiger partial charge in [0.15, 0.2) is 0 Å². The molecule has 122 valence electrons. The SMILES string of the molecule is C=C[CH2-].Cc1cc2c(-c3cc(CF)cc(CF)c3)cccc2[cH-]1.[Zr+2]. The molecule has 0 aliphatic carbocycles. The number of rotatable bonds is 3. The molecular formula is C21H20F2Zr. The van der Waals surface area contributed by atoms with E-state index in [4.69, 9.17) is 0 Å². The molecule has 0 radical (unpaired) electrons. The monoisotopic (exact) mass is 400 g/mol. The number of hydrogen-bond donors (Lipinski definition) is 0. The van der Waals surface area contributed by atoms with Gasteiger partial charge in [0.2, 0.25) is 0 Å². The Morgan fingerprint density at radius 3 is 2.21 bits per heavy atom. The molecule has 0 atom stereocenters. The topological polar surface area (TPSA) is 0 Å². The second-order valence-electron chi connectivity index (χ2n) is 5.44. The van der Waals surface area contributed by atoms with Crippen LogP contribution in [0.3, 0.4) is 0 Å². The van der Waals surface area contributed by atoms with Crippen molar-refractivity contribution in [2.45, 2.75) is 20.3 Å². The predicted molar refractivity (Wildman–Crippen MR) is 94.9 cm³/mol. The van der Waals surface area contributed by atoms with E-state index in [1.165, 1.54) is 11.6 Å². The maximum absolute atomic E-state index is 12.9. The quantitative estimate of drug-likeness (QED) is 0.441. The molecule has 0 aliphatic heterocycles. The van der Waals surface area contributed by atoms with Crippen molar-refractivity contribution in [3.8, 4) is 11.1 Å². The van der Waals surface area contributed by atoms with Gasteiger partial charge in [0.05, 0.1) is 0 Å². The van der Waals surface area contributed by atoms with Gasteiger partial charge in [0.25, 0.3) is 0 Å². The normalized spacial score (nSPS) is 9.79. The second kappa shape index (κ2) is 9.64. The van der Waals surface area contributed by atoms with Crippen LogP contribution in [0.15, 0.2) is 61.2 Å². The molecule has 3 aromatic rings. The Labute approximate surface area is 161 Å². The summed E-state index contributed by atoms with van der Waals surface area (Å²) in [6.45, 7) is 7.41. The van der Waals surface area contributed by atoms with Crippen LogP contribution in [0.1, 0.15) is 16.7 Å². The summed E-state index contributed by atoms with van der Waals surface area (Å²) in [5.41, 5.74) is 4.15. The Hall–Kier alpha value is -1.60. The zero-order valence-corrected chi connectivity index (χ0v) is 16.2. The minimum atomic E-state index is -0.573. The van der Waals surface area contributed by atoms with Gasteiger partial charge in [-0.25, -0.2) is 28.4 Å². The number of allylic oxidation sites excluding steroid dienone is 1. The number of hydrogen-bond acceptors (Lipinski definition) is 0. The third-order valence-corrected chi connectivity index (χ3v) is 3.57. The average molecular weight is 402 g/mol. The maximum atomic E-state index is 12.9. The van der Waals surface area contributed by atoms with Crippen LogP contribution >= 0.6 is 0 Å². The summed E-state index contributed by atoms with van der Waals surface area (Å²) in [4.78, 5) is 0. The van der Waals surface area contributed by atoms with E-state index < -0.39 is 13.3 Å². The van der Waals surface area contributed by atoms with Gasteiger partial charge in [-0.05, 0) is 28.8 Å². The van der Waals surface area contributed by atoms with Crippen LogP contribution < -0.4 is 0 Å². The van der Waals surface area contributed by atoms with Crippen molar-refractivity contribution in [2.24, 2.45) is 0 Å². The van der Waals surface area contributed by atoms with Gasteiger partial charge >= 0.3 is 26.2 Å². The second-order valence-corrected chi connectivity index (χ2v) is 5.44. The van der Waals surface area contributed by atoms with E-state index >= 15 is 0 Å². The molecule has 0 saturated carbocycles. The zero-order valence-electron chi connectivity index (χ0n) is 13.8. The summed E-state index contributed by atoms with van der Waals surface area (Å²) in [5, 5.41) is 2.29. The number of aryl methyl sites for hydroxylation is 1. The Balaban J connectivity index is 0.000000671. The summed E-state index contributed by atoms with van der Waals surface area (Å²) in [7, 11) is 0. The fraction of sp³-hybridized carbons (Fsp3) is 0.143. The number of fused-ring (bicyclic) bond motifs is 1. The van der Waals surface area contributed by atoms with E-state index in [0.29, 0.717) is 11.1 Å². The van der Waals surface area contributed by atoms with Crippen LogP contribution in [-0.2, 0) is 39.6 Å². The molecule has 0 amide bonds. The molecule has 0 saturated heterocycles. The first-order chi connectivity index (χ1) is 11.1. The van der Waals surface area contributed by atoms with Gasteiger partial charge < -0.3 is 0 Å². The minimum Gasteiger partial charge on any atom is -0.246 e. The van der Waals surface area contributed by atoms with Crippen molar-refractivity contribution in [3.05, 3.63) is 84.8 Å². The van der Waals surface area contributed by atoms with Crippen LogP contribution in [0.5, 0.6) is 0 Å². The summed E-state index contributed by atoms with van der Waals surface area (Å²) in [5.74, 6) is 0. The van der Waals surface area contributed by atoms with Crippen molar-refractivity contribution in [1.29, 1.82) is 0 Å². The molecule has 3 aromatic carbocycles. The molecule has 24 heavy (non-hydrogen) atoms. The van der Waals surface area contributed by atoms with Gasteiger partial charge in [-0.2, -0.15) is 6.07 Å². The van der Waals surface area contributed by atoms with E-state index in [2.05, 4.69) is 38.6 Å². The average Bonchev–Trinajstić information content (AvgIpc) is 2.95. The molecule has 0 spiro atoms. The Morgan fingerprint density at radius 2 is 1.67 bits per heavy atom. The minimum absolute atomic E-state index is 0. The first-order valence-electron chi connectivity index (χ1n) is 7.44. The van der Waals surface area contributed by atoms with Crippen molar-refractivity contribution in [1.82, 2.24) is 0 Å². The van der Waals surface area contributed by atoms with Gasteiger partial charge in [0, 0.05) is 0 Å². The molecule has 0 aliphatic rings. The van der Waals surface area contributed by atoms with Gasteiger partial charge in [0.1, 0.15) is 13.3 Å². The van der Waals surface area contributed by atoms with Crippen molar-refractivity contribution < 1.29 is 35.0 Å². The fourth-order valence-electron chi connectivity index (χ4n) is 2.71. The van der Waals surface area contributed by atoms with Crippen LogP contribution in [0, 0.1) is 13.8 Å². The Kier molecular flexibility index (Phi) is 8.21. The van der Waals surface area contributed by atoms with Crippen molar-refractivity contribution in [2.75, 3.05) is 0 Å². The van der Waals surface area contributed by atoms with E-state index in [1.807, 2.05) is 12.1 Å². The van der Waals surface area contributed by atoms with E-state index in [0.717, 1.165) is 21.9 Å². The Morgan fingerprint density at radius 1 is 1.08 bits per heavy atom. The first kappa shape index (κ1) is 20.4. The van der Waals surface area contributed by atoms with E-state index in [-0.39, 0.29) is 26.2 Å². The largest absolute Gasteiger partial charge is 2.00 e. The fourth-order valence-corrected chi connectivity index (χ4v) is 2.71. The third kappa shape index (κ3) is 4.71. The standard InChI is InChI=1S/C18H15F2.C3H5.Zr/c1-12-5-15-3-2-4-17(18(15)6-12)16-8-13(10-19)7-14(9-16)11-20;1-3-2;/h2-9H,10-11H2,1H3;3H,1-2H2;/q2*-1;+2. The molecule has 3 heteroatoms. The smallest absolute Gasteiger partial charge is 0.246 e. The molecule has 0 heterocycles. The molecule has 0 fully saturated rings. The predicted octanol–water partition coefficient (Wildman–Crippen LogP) is 6.48. The van der Waals surface area contributed by atoms with Crippen molar-refractivity contribution in [3.63, 3.8) is 0 Å². The molecule has 0 nitrogen and oxygen atoms in total. The van der Waals surface area contributed by atoms with Gasteiger partial charge in [-0.3, -0.25) is 0 Å². The molecular weight excluding hydrogens is 381 g/mol. The maximum Gasteiger partial charge on any atom is 2.00 e. The van der Waals surface area contributed by atoms with Gasteiger partial charge in [-0.1, -0.05) is 24.6 Å². The Bertz CT molecular complexity index is 780. The van der Waals surface area contributed by atoms with Crippen LogP contribution in [-0.4, -0.2) is 0 Å². The van der Waals surface area contributed by atoms with E-state index in [9.17, 15) is 8.78 Å². The van der Waals surface area contributed by atoms with Crippen molar-refractivity contribution >= 4 is 10.8 Å². The summed E-state index contributed by atoms with van der Waals surface area (Å²) in [6, 6.07) is 15.5. The molecule has 0 aromatic heterocycles. The summed E-state index contributed by atoms with van der Waals surface area (Å²) >= 11 is 0. The molecule has 0 bridgehead atoms. The van der Waals surface area contributed by atoms with Crippen LogP contribution in [0.2, 0.25) is 0 Å². The zero-order chi connectivity index (χ0) is 16.8. The summed E-state index contributed by atoms with van der Waals surface area (Å²) < 4.78 is 25.9. The third-order valence-electron chi connectivity index (χ3n) is 3.57. The van der Waals surface area contributed by atoms with Crippen LogP contribution in [0.4, 0.5) is 8.78 Å². The van der Waals surface area contributed by atoms with Gasteiger partial charge in [-0.15, -0.1) is 34.5 Å². The van der Waals surface area contributed by atoms with Crippen LogP contribution in [0.25, 0.3) is 21.9 Å². The number of benzene rings is 2. The first-order valence-corrected chi connectivity index (χ1v) is 7.44. The molecule has 0 unspecified atom stereocenters. The number of halogens is 2. The molecule has 3 rings (SSSR count). The summed E-state index contributed by atoms with van der Waals surface area (Å²) in [6.07, 6.45) is 1.50.